The molecule has 1 saturated heterocycles. The van der Waals surface area contributed by atoms with E-state index in [4.69, 9.17) is 10.8 Å². The number of carboxylic acid groups (broad SMARTS) is 1. The summed E-state index contributed by atoms with van der Waals surface area (Å²) in [7, 11) is 0. The van der Waals surface area contributed by atoms with E-state index in [-0.39, 0.29) is 5.82 Å². The third-order valence-electron chi connectivity index (χ3n) is 4.37. The molecule has 1 aromatic heterocycles. The van der Waals surface area contributed by atoms with Crippen LogP contribution in [0.25, 0.3) is 0 Å². The molecule has 1 amide bonds. The summed E-state index contributed by atoms with van der Waals surface area (Å²) in [5, 5.41) is 11.5. The van der Waals surface area contributed by atoms with E-state index in [9.17, 15) is 9.59 Å². The minimum absolute atomic E-state index is 0.233. The van der Waals surface area contributed by atoms with Crippen molar-refractivity contribution in [2.45, 2.75) is 38.6 Å². The number of nitrogens with two attached hydrogens (primary N) is 1. The highest BCUT2D eigenvalue weighted by molar-refractivity contribution is 9.10. The Morgan fingerprint density at radius 1 is 1.54 bits per heavy atom. The first-order valence-electron chi connectivity index (χ1n) is 7.88. The Labute approximate surface area is 149 Å². The van der Waals surface area contributed by atoms with Gasteiger partial charge in [-0.3, -0.25) is 4.79 Å². The van der Waals surface area contributed by atoms with E-state index < -0.39 is 11.6 Å². The maximum atomic E-state index is 11.4. The lowest BCUT2D eigenvalue weighted by Crippen LogP contribution is -2.45. The molecule has 8 heteroatoms. The van der Waals surface area contributed by atoms with Crippen LogP contribution in [-0.2, 0) is 0 Å². The highest BCUT2D eigenvalue weighted by Crippen LogP contribution is 2.35. The highest BCUT2D eigenvalue weighted by atomic mass is 79.9. The third kappa shape index (κ3) is 4.37. The van der Waals surface area contributed by atoms with Gasteiger partial charge >= 0.3 is 6.09 Å². The largest absolute Gasteiger partial charge is 0.465 e. The molecule has 1 aliphatic heterocycles. The van der Waals surface area contributed by atoms with E-state index in [1.807, 2.05) is 13.8 Å². The van der Waals surface area contributed by atoms with E-state index >= 15 is 0 Å². The summed E-state index contributed by atoms with van der Waals surface area (Å²) in [6.45, 7) is 5.38. The van der Waals surface area contributed by atoms with Crippen molar-refractivity contribution in [1.82, 2.24) is 10.3 Å². The predicted octanol–water partition coefficient (Wildman–Crippen LogP) is 2.89. The van der Waals surface area contributed by atoms with Gasteiger partial charge in [0.05, 0.1) is 15.7 Å². The fourth-order valence-electron chi connectivity index (χ4n) is 3.37. The molecule has 0 atom stereocenters. The van der Waals surface area contributed by atoms with Crippen LogP contribution in [0.3, 0.4) is 0 Å². The number of carbonyl (C=O) groups excluding carboxylic acids is 1. The molecule has 0 spiro atoms. The number of hydrogen-bond donors (Lipinski definition) is 3. The van der Waals surface area contributed by atoms with E-state index in [1.54, 1.807) is 6.20 Å². The molecule has 1 aromatic rings. The van der Waals surface area contributed by atoms with Gasteiger partial charge in [0, 0.05) is 24.8 Å². The molecule has 2 heterocycles. The van der Waals surface area contributed by atoms with Crippen LogP contribution in [0, 0.1) is 5.92 Å². The zero-order valence-corrected chi connectivity index (χ0v) is 15.5. The van der Waals surface area contributed by atoms with Crippen LogP contribution < -0.4 is 16.0 Å². The van der Waals surface area contributed by atoms with Gasteiger partial charge in [-0.1, -0.05) is 0 Å². The SMILES string of the molecule is CC(C)(CC1CCN(c2c(Br)cnc(N)c2C=O)CC1)NC(=O)O. The van der Waals surface area contributed by atoms with E-state index in [0.717, 1.165) is 48.8 Å². The first-order chi connectivity index (χ1) is 11.2. The highest BCUT2D eigenvalue weighted by Gasteiger charge is 2.29. The number of rotatable bonds is 5. The van der Waals surface area contributed by atoms with Crippen molar-refractivity contribution in [1.29, 1.82) is 0 Å². The number of aldehydes is 1. The second-order valence-corrected chi connectivity index (χ2v) is 7.67. The van der Waals surface area contributed by atoms with Crippen LogP contribution in [0.4, 0.5) is 16.3 Å². The molecule has 0 saturated carbocycles. The van der Waals surface area contributed by atoms with Gasteiger partial charge in [-0.05, 0) is 55.0 Å². The monoisotopic (exact) mass is 398 g/mol. The summed E-state index contributed by atoms with van der Waals surface area (Å²) in [4.78, 5) is 28.4. The lowest BCUT2D eigenvalue weighted by Gasteiger charge is -2.38. The van der Waals surface area contributed by atoms with Crippen LogP contribution in [0.1, 0.15) is 43.5 Å². The van der Waals surface area contributed by atoms with Crippen molar-refractivity contribution in [3.63, 3.8) is 0 Å². The zero-order valence-electron chi connectivity index (χ0n) is 13.9. The number of nitrogen functional groups attached to an aromatic ring is 1. The Morgan fingerprint density at radius 3 is 2.71 bits per heavy atom. The molecular weight excluding hydrogens is 376 g/mol. The van der Waals surface area contributed by atoms with Gasteiger partial charge < -0.3 is 21.1 Å². The summed E-state index contributed by atoms with van der Waals surface area (Å²) in [6, 6.07) is 0. The van der Waals surface area contributed by atoms with E-state index in [2.05, 4.69) is 31.1 Å². The first-order valence-corrected chi connectivity index (χ1v) is 8.68. The molecule has 1 fully saturated rings. The summed E-state index contributed by atoms with van der Waals surface area (Å²) in [5.74, 6) is 0.665. The molecule has 132 valence electrons. The van der Waals surface area contributed by atoms with Crippen molar-refractivity contribution in [2.24, 2.45) is 5.92 Å². The van der Waals surface area contributed by atoms with Gasteiger partial charge in [-0.2, -0.15) is 0 Å². The Bertz CT molecular complexity index is 628. The number of aromatic nitrogens is 1. The molecule has 0 aromatic carbocycles. The average Bonchev–Trinajstić information content (AvgIpc) is 2.48. The maximum absolute atomic E-state index is 11.4. The van der Waals surface area contributed by atoms with Crippen molar-refractivity contribution >= 4 is 39.8 Å². The first kappa shape index (κ1) is 18.5. The predicted molar refractivity (Wildman–Crippen MR) is 96.5 cm³/mol. The van der Waals surface area contributed by atoms with Crippen molar-refractivity contribution < 1.29 is 14.7 Å². The van der Waals surface area contributed by atoms with Gasteiger partial charge in [-0.25, -0.2) is 9.78 Å². The van der Waals surface area contributed by atoms with Gasteiger partial charge in [0.15, 0.2) is 6.29 Å². The lowest BCUT2D eigenvalue weighted by atomic mass is 9.84. The molecule has 0 aliphatic carbocycles. The van der Waals surface area contributed by atoms with Crippen LogP contribution in [0.15, 0.2) is 10.7 Å². The number of amides is 1. The zero-order chi connectivity index (χ0) is 17.9. The normalized spacial score (nSPS) is 16.0. The molecule has 2 rings (SSSR count). The van der Waals surface area contributed by atoms with Gasteiger partial charge in [-0.15, -0.1) is 0 Å². The number of nitrogens with zero attached hydrogens (tertiary/aromatic N) is 2. The minimum Gasteiger partial charge on any atom is -0.465 e. The Kier molecular flexibility index (Phi) is 5.69. The molecule has 1 aliphatic rings. The summed E-state index contributed by atoms with van der Waals surface area (Å²) >= 11 is 3.45. The number of pyridine rings is 1. The second kappa shape index (κ2) is 7.38. The summed E-state index contributed by atoms with van der Waals surface area (Å²) in [5.41, 5.74) is 6.56. The van der Waals surface area contributed by atoms with Gasteiger partial charge in [0.2, 0.25) is 0 Å². The van der Waals surface area contributed by atoms with Crippen LogP contribution in [0.5, 0.6) is 0 Å². The number of anilines is 2. The van der Waals surface area contributed by atoms with Crippen LogP contribution in [0.2, 0.25) is 0 Å². The Hall–Kier alpha value is -1.83. The van der Waals surface area contributed by atoms with E-state index in [1.165, 1.54) is 0 Å². The summed E-state index contributed by atoms with van der Waals surface area (Å²) in [6.07, 6.45) is 4.00. The van der Waals surface area contributed by atoms with Gasteiger partial charge in [0.25, 0.3) is 0 Å². The fraction of sp³-hybridized carbons (Fsp3) is 0.562. The molecule has 0 bridgehead atoms. The lowest BCUT2D eigenvalue weighted by molar-refractivity contribution is 0.112. The van der Waals surface area contributed by atoms with Crippen molar-refractivity contribution in [3.05, 3.63) is 16.2 Å². The number of nitrogens with one attached hydrogen (secondary N) is 1. The summed E-state index contributed by atoms with van der Waals surface area (Å²) < 4.78 is 0.755. The molecule has 24 heavy (non-hydrogen) atoms. The Balaban J connectivity index is 2.05. The average molecular weight is 399 g/mol. The standard InChI is InChI=1S/C16H23BrN4O3/c1-16(2,20-15(23)24)7-10-3-5-21(6-4-10)13-11(9-22)14(18)19-8-12(13)17/h8-10,20H,3-7H2,1-2H3,(H2,18,19)(H,23,24). The second-order valence-electron chi connectivity index (χ2n) is 6.82. The van der Waals surface area contributed by atoms with Crippen molar-refractivity contribution in [3.8, 4) is 0 Å². The smallest absolute Gasteiger partial charge is 0.405 e. The topological polar surface area (TPSA) is 109 Å². The van der Waals surface area contributed by atoms with Crippen LogP contribution >= 0.6 is 15.9 Å². The van der Waals surface area contributed by atoms with Gasteiger partial charge in [0.1, 0.15) is 5.82 Å². The third-order valence-corrected chi connectivity index (χ3v) is 4.95. The molecule has 4 N–H and O–H groups in total. The fourth-order valence-corrected chi connectivity index (χ4v) is 3.93. The number of carbonyl (C=O) groups is 2. The molecule has 7 nitrogen and oxygen atoms in total. The van der Waals surface area contributed by atoms with Crippen LogP contribution in [-0.4, -0.2) is 41.1 Å². The van der Waals surface area contributed by atoms with Crippen molar-refractivity contribution in [2.75, 3.05) is 23.7 Å². The maximum Gasteiger partial charge on any atom is 0.405 e. The number of halogens is 1. The van der Waals surface area contributed by atoms with E-state index in [0.29, 0.717) is 11.5 Å². The number of hydrogen-bond acceptors (Lipinski definition) is 5. The quantitative estimate of drug-likeness (QED) is 0.657. The number of piperidine rings is 1. The molecular formula is C16H23BrN4O3. The minimum atomic E-state index is -0.996. The molecule has 0 unspecified atom stereocenters. The Morgan fingerprint density at radius 2 is 2.17 bits per heavy atom. The molecule has 0 radical (unpaired) electrons.